The smallest absolute Gasteiger partial charge is 0.306 e. The number of ether oxygens (including phenoxy) is 4. The van der Waals surface area contributed by atoms with Gasteiger partial charge in [-0.25, -0.2) is 0 Å². The number of hydrogen-bond acceptors (Lipinski definition) is 8. The van der Waals surface area contributed by atoms with Crippen LogP contribution in [0.5, 0.6) is 0 Å². The van der Waals surface area contributed by atoms with Crippen molar-refractivity contribution in [1.29, 1.82) is 0 Å². The summed E-state index contributed by atoms with van der Waals surface area (Å²) in [6.07, 6.45) is 114. The quantitative estimate of drug-likeness (QED) is 0.0195. The molecule has 2 unspecified atom stereocenters. The molecule has 9 nitrogen and oxygen atoms in total. The Morgan fingerprint density at radius 1 is 0.310 bits per heavy atom. The average Bonchev–Trinajstić information content (AvgIpc) is 1.08. The summed E-state index contributed by atoms with van der Waals surface area (Å²) in [4.78, 5) is 37.6. The van der Waals surface area contributed by atoms with E-state index in [2.05, 4.69) is 160 Å². The third kappa shape index (κ3) is 80.5. The van der Waals surface area contributed by atoms with Crippen molar-refractivity contribution >= 4 is 17.9 Å². The Bertz CT molecular complexity index is 2160. The number of unbranched alkanes of at least 4 members (excludes halogenated alkanes) is 37. The Hall–Kier alpha value is -4.83. The van der Waals surface area contributed by atoms with Gasteiger partial charge in [0.1, 0.15) is 13.2 Å². The predicted octanol–water partition coefficient (Wildman–Crippen LogP) is 25.6. The van der Waals surface area contributed by atoms with E-state index < -0.39 is 24.3 Å². The number of aliphatic carboxylic acids is 1. The molecule has 100 heavy (non-hydrogen) atoms. The maximum absolute atomic E-state index is 13.0. The lowest BCUT2D eigenvalue weighted by Crippen LogP contribution is -2.44. The molecular weight excluding hydrogens is 1230 g/mol. The number of carbonyl (C=O) groups is 3. The van der Waals surface area contributed by atoms with Crippen LogP contribution >= 0.6 is 0 Å². The molecule has 0 aliphatic rings. The Labute approximate surface area is 617 Å². The summed E-state index contributed by atoms with van der Waals surface area (Å²) < 4.78 is 22.8. The van der Waals surface area contributed by atoms with Gasteiger partial charge in [0.15, 0.2) is 12.4 Å². The van der Waals surface area contributed by atoms with Gasteiger partial charge in [0, 0.05) is 12.8 Å². The van der Waals surface area contributed by atoms with Crippen LogP contribution in [0.3, 0.4) is 0 Å². The first-order valence-electron chi connectivity index (χ1n) is 41.5. The maximum atomic E-state index is 13.0. The molecule has 0 rings (SSSR count). The summed E-state index contributed by atoms with van der Waals surface area (Å²) in [7, 11) is 5.92. The second-order valence-electron chi connectivity index (χ2n) is 28.7. The fourth-order valence-corrected chi connectivity index (χ4v) is 11.6. The monoisotopic (exact) mass is 1390 g/mol. The summed E-state index contributed by atoms with van der Waals surface area (Å²) in [5.74, 6) is -2.31. The molecule has 0 aromatic rings. The van der Waals surface area contributed by atoms with E-state index >= 15 is 0 Å². The normalized spacial score (nSPS) is 13.4. The fourth-order valence-electron chi connectivity index (χ4n) is 11.6. The van der Waals surface area contributed by atoms with Crippen LogP contribution in [0.1, 0.15) is 354 Å². The molecule has 0 saturated carbocycles. The van der Waals surface area contributed by atoms with Crippen LogP contribution in [-0.4, -0.2) is 82.3 Å². The van der Waals surface area contributed by atoms with E-state index in [4.69, 9.17) is 18.9 Å². The van der Waals surface area contributed by atoms with E-state index in [-0.39, 0.29) is 38.6 Å². The number of quaternary nitrogens is 1. The molecule has 0 spiro atoms. The molecular formula is C91H155NO8. The van der Waals surface area contributed by atoms with E-state index in [1.807, 2.05) is 21.1 Å². The molecule has 0 heterocycles. The Balaban J connectivity index is 4.12. The summed E-state index contributed by atoms with van der Waals surface area (Å²) in [5, 5.41) is 11.9. The van der Waals surface area contributed by atoms with Gasteiger partial charge in [0.05, 0.1) is 40.3 Å². The molecule has 0 bridgehead atoms. The predicted molar refractivity (Wildman–Crippen MR) is 430 cm³/mol. The van der Waals surface area contributed by atoms with Gasteiger partial charge in [-0.3, -0.25) is 9.59 Å². The summed E-state index contributed by atoms with van der Waals surface area (Å²) in [5.41, 5.74) is 0. The van der Waals surface area contributed by atoms with E-state index in [0.29, 0.717) is 17.4 Å². The highest BCUT2D eigenvalue weighted by Crippen LogP contribution is 2.19. The number of rotatable bonds is 76. The van der Waals surface area contributed by atoms with Crippen molar-refractivity contribution in [3.05, 3.63) is 146 Å². The molecule has 2 atom stereocenters. The SMILES string of the molecule is CC/C=C\C/C=C\C/C=C\C/C=C\C/C=C\C/C=C\C/C=C\C/C=C\C/C=C\C/C=C\C/C=C\C/C=C\CCCCCCC(=O)OC(COC(=O)CCCCCCCCCCCCCCCCCCCCCCCCCCCCCCCCCCCC)COC(OCC[N+](C)(C)C)C(=O)[O-]. The Kier molecular flexibility index (Phi) is 76.0. The van der Waals surface area contributed by atoms with Gasteiger partial charge in [0.2, 0.25) is 0 Å². The summed E-state index contributed by atoms with van der Waals surface area (Å²) in [6, 6.07) is 0. The highest BCUT2D eigenvalue weighted by molar-refractivity contribution is 5.70. The molecule has 0 fully saturated rings. The van der Waals surface area contributed by atoms with Crippen LogP contribution in [-0.2, 0) is 33.3 Å². The highest BCUT2D eigenvalue weighted by atomic mass is 16.7. The van der Waals surface area contributed by atoms with Crippen molar-refractivity contribution in [1.82, 2.24) is 0 Å². The lowest BCUT2D eigenvalue weighted by Gasteiger charge is -2.26. The van der Waals surface area contributed by atoms with Crippen LogP contribution in [0.15, 0.2) is 146 Å². The zero-order valence-electron chi connectivity index (χ0n) is 65.5. The minimum Gasteiger partial charge on any atom is -0.545 e. The Morgan fingerprint density at radius 2 is 0.570 bits per heavy atom. The second-order valence-corrected chi connectivity index (χ2v) is 28.7. The van der Waals surface area contributed by atoms with Gasteiger partial charge in [-0.2, -0.15) is 0 Å². The minimum absolute atomic E-state index is 0.137. The molecule has 9 heteroatoms. The summed E-state index contributed by atoms with van der Waals surface area (Å²) >= 11 is 0. The standard InChI is InChI=1S/C91H155NO8/c1-6-8-10-12-14-16-18-20-22-24-26-28-30-32-34-36-38-40-42-43-44-45-46-47-48-50-52-54-56-58-60-62-64-66-68-70-72-74-76-78-80-82-89(94)100-87(86-99-91(90(95)96)97-84-83-92(3,4)5)85-98-88(93)81-79-77-75-73-71-69-67-65-63-61-59-57-55-53-51-49-41-39-37-35-33-31-29-27-25-23-21-19-17-15-13-11-9-7-2/h8,10,14,16,20,22,26,28,32,34,38,40,43-44,46-47,50,52,56,58,62,64,68,70,87,91H,6-7,9,11-13,15,17-19,21,23-25,27,29-31,33,35-37,39,41-42,45,48-49,51,53-55,57,59-61,63,65-67,69,71-86H2,1-5H3/b10-8-,16-14-,22-20-,28-26-,34-32-,40-38-,44-43-,47-46-,52-50-,58-56-,64-62-,70-68-. The minimum atomic E-state index is -1.64. The van der Waals surface area contributed by atoms with Crippen LogP contribution < -0.4 is 5.11 Å². The van der Waals surface area contributed by atoms with Gasteiger partial charge in [0.25, 0.3) is 0 Å². The molecule has 572 valence electrons. The first-order chi connectivity index (χ1) is 49.1. The van der Waals surface area contributed by atoms with Gasteiger partial charge < -0.3 is 33.3 Å². The third-order valence-electron chi connectivity index (χ3n) is 17.9. The number of carboxylic acids is 1. The van der Waals surface area contributed by atoms with Crippen LogP contribution in [0, 0.1) is 0 Å². The fraction of sp³-hybridized carbons (Fsp3) is 0.703. The molecule has 0 aliphatic carbocycles. The van der Waals surface area contributed by atoms with Crippen molar-refractivity contribution in [2.75, 3.05) is 47.5 Å². The Morgan fingerprint density at radius 3 is 0.850 bits per heavy atom. The number of hydrogen-bond donors (Lipinski definition) is 0. The highest BCUT2D eigenvalue weighted by Gasteiger charge is 2.22. The van der Waals surface area contributed by atoms with E-state index in [9.17, 15) is 19.5 Å². The number of likely N-dealkylation sites (N-methyl/N-ethyl adjacent to an activating group) is 1. The molecule has 0 aromatic carbocycles. The molecule has 0 aromatic heterocycles. The molecule has 0 aliphatic heterocycles. The van der Waals surface area contributed by atoms with Crippen molar-refractivity contribution in [3.8, 4) is 0 Å². The van der Waals surface area contributed by atoms with Crippen molar-refractivity contribution < 1.29 is 42.9 Å². The zero-order chi connectivity index (χ0) is 72.5. The second kappa shape index (κ2) is 79.9. The number of carbonyl (C=O) groups excluding carboxylic acids is 3. The zero-order valence-corrected chi connectivity index (χ0v) is 65.5. The van der Waals surface area contributed by atoms with E-state index in [1.165, 1.54) is 199 Å². The number of esters is 2. The van der Waals surface area contributed by atoms with Crippen LogP contribution in [0.2, 0.25) is 0 Å². The van der Waals surface area contributed by atoms with Crippen molar-refractivity contribution in [2.45, 2.75) is 367 Å². The van der Waals surface area contributed by atoms with E-state index in [0.717, 1.165) is 122 Å². The summed E-state index contributed by atoms with van der Waals surface area (Å²) in [6.45, 7) is 4.64. The molecule has 0 radical (unpaired) electrons. The topological polar surface area (TPSA) is 111 Å². The lowest BCUT2D eigenvalue weighted by atomic mass is 10.0. The van der Waals surface area contributed by atoms with Gasteiger partial charge >= 0.3 is 11.9 Å². The number of nitrogens with zero attached hydrogens (tertiary/aromatic N) is 1. The number of carboxylic acid groups (broad SMARTS) is 1. The van der Waals surface area contributed by atoms with Gasteiger partial charge in [-0.1, -0.05) is 384 Å². The number of allylic oxidation sites excluding steroid dienone is 24. The first-order valence-corrected chi connectivity index (χ1v) is 41.5. The van der Waals surface area contributed by atoms with Crippen LogP contribution in [0.25, 0.3) is 0 Å². The molecule has 0 amide bonds. The maximum Gasteiger partial charge on any atom is 0.306 e. The van der Waals surface area contributed by atoms with Gasteiger partial charge in [-0.05, 0) is 103 Å². The first kappa shape index (κ1) is 95.2. The molecule has 0 N–H and O–H groups in total. The van der Waals surface area contributed by atoms with E-state index in [1.54, 1.807) is 0 Å². The third-order valence-corrected chi connectivity index (χ3v) is 17.9. The lowest BCUT2D eigenvalue weighted by molar-refractivity contribution is -0.870. The van der Waals surface area contributed by atoms with Crippen molar-refractivity contribution in [3.63, 3.8) is 0 Å². The average molecular weight is 1390 g/mol. The van der Waals surface area contributed by atoms with Gasteiger partial charge in [-0.15, -0.1) is 0 Å². The van der Waals surface area contributed by atoms with Crippen molar-refractivity contribution in [2.24, 2.45) is 0 Å². The molecule has 0 saturated heterocycles. The van der Waals surface area contributed by atoms with Crippen LogP contribution in [0.4, 0.5) is 0 Å². The largest absolute Gasteiger partial charge is 0.545 e.